The van der Waals surface area contributed by atoms with Crippen LogP contribution in [0.4, 0.5) is 0 Å². The molecule has 2 amide bonds. The van der Waals surface area contributed by atoms with Crippen molar-refractivity contribution in [3.8, 4) is 0 Å². The van der Waals surface area contributed by atoms with Gasteiger partial charge in [0.1, 0.15) is 146 Å². The average molecular weight is 1470 g/mol. The summed E-state index contributed by atoms with van der Waals surface area (Å²) in [6.45, 7) is -0.295. The molecule has 0 unspecified atom stereocenters. The molecule has 30 atom stereocenters. The van der Waals surface area contributed by atoms with Gasteiger partial charge in [-0.15, -0.1) is 0 Å². The molecule has 0 aromatic rings. The number of aliphatic hydroxyl groups excluding tert-OH is 18. The highest BCUT2D eigenvalue weighted by molar-refractivity contribution is 8.76. The number of nitrogens with one attached hydrogen (secondary N) is 2. The second kappa shape index (κ2) is 44.2. The van der Waals surface area contributed by atoms with Gasteiger partial charge >= 0.3 is 0 Å². The second-order valence-electron chi connectivity index (χ2n) is 23.2. The van der Waals surface area contributed by atoms with Gasteiger partial charge in [0.15, 0.2) is 37.7 Å². The normalized spacial score (nSPS) is 40.1. The molecule has 574 valence electrons. The van der Waals surface area contributed by atoms with Gasteiger partial charge in [0.25, 0.3) is 0 Å². The van der Waals surface area contributed by atoms with Crippen LogP contribution in [0.25, 0.3) is 0 Å². The Morgan fingerprint density at radius 2 is 0.520 bits per heavy atom. The maximum atomic E-state index is 12.6. The summed E-state index contributed by atoms with van der Waals surface area (Å²) in [6.07, 6.45) is -47.5. The van der Waals surface area contributed by atoms with E-state index in [0.29, 0.717) is 37.9 Å². The lowest BCUT2D eigenvalue weighted by Crippen LogP contribution is -2.70. The first kappa shape index (κ1) is 85.1. The molecule has 6 aliphatic rings. The zero-order valence-electron chi connectivity index (χ0n) is 53.9. The van der Waals surface area contributed by atoms with E-state index in [0.717, 1.165) is 13.8 Å². The molecular weight excluding hydrogens is 1370 g/mol. The number of amides is 2. The Hall–Kier alpha value is -1.80. The van der Waals surface area contributed by atoms with Crippen LogP contribution in [0.15, 0.2) is 0 Å². The highest BCUT2D eigenvalue weighted by Crippen LogP contribution is 2.37. The summed E-state index contributed by atoms with van der Waals surface area (Å²) in [5.74, 6) is 0.0644. The van der Waals surface area contributed by atoms with Crippen LogP contribution in [0.1, 0.15) is 13.8 Å². The minimum Gasteiger partial charge on any atom is -0.394 e. The number of hydrogen-bond acceptors (Lipinski definition) is 40. The van der Waals surface area contributed by atoms with Crippen molar-refractivity contribution in [3.05, 3.63) is 0 Å². The first-order chi connectivity index (χ1) is 47.0. The lowest BCUT2D eigenvalue weighted by Gasteiger charge is -2.50. The molecule has 0 aromatic carbocycles. The molecule has 0 aromatic heterocycles. The second-order valence-corrected chi connectivity index (χ2v) is 25.9. The van der Waals surface area contributed by atoms with Gasteiger partial charge in [-0.25, -0.2) is 0 Å². The van der Waals surface area contributed by atoms with Gasteiger partial charge in [0.2, 0.25) is 11.8 Å². The van der Waals surface area contributed by atoms with E-state index < -0.39 is 236 Å². The smallest absolute Gasteiger partial charge is 0.217 e. The third kappa shape index (κ3) is 24.4. The van der Waals surface area contributed by atoms with Crippen LogP contribution < -0.4 is 10.6 Å². The molecule has 0 saturated carbocycles. The van der Waals surface area contributed by atoms with Gasteiger partial charge in [-0.3, -0.25) is 9.59 Å². The quantitative estimate of drug-likeness (QED) is 0.0199. The van der Waals surface area contributed by atoms with Crippen LogP contribution in [-0.2, 0) is 94.9 Å². The third-order valence-corrected chi connectivity index (χ3v) is 18.5. The van der Waals surface area contributed by atoms with Crippen LogP contribution in [0, 0.1) is 0 Å². The zero-order chi connectivity index (χ0) is 71.6. The predicted octanol–water partition coefficient (Wildman–Crippen LogP) is -12.3. The van der Waals surface area contributed by atoms with Crippen LogP contribution in [0.3, 0.4) is 0 Å². The molecule has 0 spiro atoms. The molecule has 6 aliphatic heterocycles. The molecule has 20 N–H and O–H groups in total. The third-order valence-electron chi connectivity index (χ3n) is 16.2. The van der Waals surface area contributed by atoms with Crippen molar-refractivity contribution < 1.29 is 187 Å². The summed E-state index contributed by atoms with van der Waals surface area (Å²) >= 11 is 0. The maximum absolute atomic E-state index is 12.6. The van der Waals surface area contributed by atoms with Gasteiger partial charge in [-0.05, 0) is 0 Å². The predicted molar refractivity (Wildman–Crippen MR) is 323 cm³/mol. The standard InChI is InChI=1S/C56H100N2O38S2/c1-25(65)57-33-49(95-55-45(77)41(73)37(69)29(21-61)89-55)47(93-53-43(75)39(71)35(67)27(19-59)87-53)31(23-63)91-51(33)85-13-11-81-5-3-79-7-9-83-15-17-97-98-18-16-84-10-8-80-4-6-82-12-14-86-52-34(58-26(2)66)50(96-56-46(78)42(74)38(70)30(22-62)90-56)48(32(24-64)92-52)94-54-44(76)40(72)36(68)28(20-60)88-54/h27-56,59-64,67-78H,3-24H2,1-2H3,(H,57,65)(H,58,66)/t27-,28-,29+,30+,31-,32-,33-,34-,35-,36-,37-,38-,39+,40+,41-,42-,43-,44-,45+,46+,47-,48-,49-,50-,51-,52-,53+,54+,55+,56+/m1/s1. The van der Waals surface area contributed by atoms with Crippen molar-refractivity contribution in [2.75, 3.05) is 144 Å². The van der Waals surface area contributed by atoms with E-state index in [1.807, 2.05) is 0 Å². The molecule has 6 saturated heterocycles. The Morgan fingerprint density at radius 1 is 0.296 bits per heavy atom. The minimum atomic E-state index is -1.95. The summed E-state index contributed by atoms with van der Waals surface area (Å²) < 4.78 is 104. The van der Waals surface area contributed by atoms with E-state index >= 15 is 0 Å². The van der Waals surface area contributed by atoms with Gasteiger partial charge < -0.3 is 188 Å². The number of aliphatic hydroxyl groups is 18. The number of carbonyl (C=O) groups excluding carboxylic acids is 2. The SMILES string of the molecule is CC(=O)N[C@H]1[C@H](OCCOCCOCCOCCSSCCOCCOCCOCCO[C@@H]2O[C@H](CO)[C@@H](O[C@@H]3O[C@H](CO)[C@@H](O)[C@H](O)[C@H]3O)[C@H](O[C@@H]3O[C@@H](CO)[C@@H](O)[C@@H](O)[C@@H]3O)[C@H]2NC(C)=O)O[C@H](CO)[C@@H](O[C@@H]2O[C@H](CO)[C@@H](O)[C@H](O)[C@H]2O)[C@@H]1O[C@@H]1O[C@@H](CO)[C@@H](O)[C@@H](O)[C@@H]1O. The fourth-order valence-corrected chi connectivity index (χ4v) is 12.7. The highest BCUT2D eigenvalue weighted by Gasteiger charge is 2.58. The summed E-state index contributed by atoms with van der Waals surface area (Å²) in [7, 11) is 3.20. The molecular formula is C56H100N2O38S2. The van der Waals surface area contributed by atoms with Crippen molar-refractivity contribution >= 4 is 33.4 Å². The number of carbonyl (C=O) groups is 2. The van der Waals surface area contributed by atoms with Crippen molar-refractivity contribution in [1.82, 2.24) is 10.6 Å². The molecule has 0 aliphatic carbocycles. The Morgan fingerprint density at radius 3 is 0.765 bits per heavy atom. The van der Waals surface area contributed by atoms with Gasteiger partial charge in [0, 0.05) is 25.4 Å². The van der Waals surface area contributed by atoms with E-state index in [-0.39, 0.29) is 66.1 Å². The van der Waals surface area contributed by atoms with Crippen molar-refractivity contribution in [1.29, 1.82) is 0 Å². The van der Waals surface area contributed by atoms with E-state index in [4.69, 9.17) is 85.3 Å². The molecule has 40 nitrogen and oxygen atoms in total. The molecule has 42 heteroatoms. The summed E-state index contributed by atoms with van der Waals surface area (Å²) in [6, 6.07) is -2.79. The molecule has 6 rings (SSSR count). The summed E-state index contributed by atoms with van der Waals surface area (Å²) in [5, 5.41) is 192. The van der Waals surface area contributed by atoms with Gasteiger partial charge in [-0.2, -0.15) is 0 Å². The number of rotatable bonds is 43. The minimum absolute atomic E-state index is 0.0302. The summed E-state index contributed by atoms with van der Waals surface area (Å²) in [4.78, 5) is 25.3. The summed E-state index contributed by atoms with van der Waals surface area (Å²) in [5.41, 5.74) is 0. The monoisotopic (exact) mass is 1470 g/mol. The van der Waals surface area contributed by atoms with E-state index in [2.05, 4.69) is 10.6 Å². The lowest BCUT2D eigenvalue weighted by atomic mass is 9.94. The molecule has 98 heavy (non-hydrogen) atoms. The molecule has 6 heterocycles. The largest absolute Gasteiger partial charge is 0.394 e. The van der Waals surface area contributed by atoms with Crippen LogP contribution in [-0.4, -0.2) is 431 Å². The first-order valence-electron chi connectivity index (χ1n) is 31.9. The van der Waals surface area contributed by atoms with Crippen LogP contribution in [0.5, 0.6) is 0 Å². The Balaban J connectivity index is 0.815. The first-order valence-corrected chi connectivity index (χ1v) is 34.4. The number of hydrogen-bond donors (Lipinski definition) is 20. The number of ether oxygens (including phenoxy) is 18. The fraction of sp³-hybridized carbons (Fsp3) is 0.964. The Labute approximate surface area is 570 Å². The molecule has 0 radical (unpaired) electrons. The highest BCUT2D eigenvalue weighted by atomic mass is 33.1. The van der Waals surface area contributed by atoms with Crippen LogP contribution in [0.2, 0.25) is 0 Å². The van der Waals surface area contributed by atoms with Crippen molar-refractivity contribution in [2.45, 2.75) is 198 Å². The molecule has 0 bridgehead atoms. The van der Waals surface area contributed by atoms with Crippen molar-refractivity contribution in [3.63, 3.8) is 0 Å². The van der Waals surface area contributed by atoms with Crippen LogP contribution >= 0.6 is 21.6 Å². The lowest BCUT2D eigenvalue weighted by molar-refractivity contribution is -0.375. The molecule has 6 fully saturated rings. The maximum Gasteiger partial charge on any atom is 0.217 e. The van der Waals surface area contributed by atoms with Crippen molar-refractivity contribution in [2.24, 2.45) is 0 Å². The Kier molecular flexibility index (Phi) is 38.4. The zero-order valence-corrected chi connectivity index (χ0v) is 55.5. The Bertz CT molecular complexity index is 2060. The topological polar surface area (TPSA) is 588 Å². The fourth-order valence-electron chi connectivity index (χ4n) is 11.0. The van der Waals surface area contributed by atoms with E-state index in [9.17, 15) is 102 Å². The van der Waals surface area contributed by atoms with E-state index in [1.165, 1.54) is 0 Å². The van der Waals surface area contributed by atoms with E-state index in [1.54, 1.807) is 21.6 Å². The average Bonchev–Trinajstić information content (AvgIpc) is 0.774. The van der Waals surface area contributed by atoms with Gasteiger partial charge in [-0.1, -0.05) is 21.6 Å². The van der Waals surface area contributed by atoms with Gasteiger partial charge in [0.05, 0.1) is 132 Å².